The van der Waals surface area contributed by atoms with Crippen molar-refractivity contribution in [2.24, 2.45) is 5.92 Å². The van der Waals surface area contributed by atoms with E-state index in [9.17, 15) is 4.79 Å². The molecule has 4 nitrogen and oxygen atoms in total. The van der Waals surface area contributed by atoms with Gasteiger partial charge < -0.3 is 14.6 Å². The Hall–Kier alpha value is -1.81. The highest BCUT2D eigenvalue weighted by molar-refractivity contribution is 5.81. The number of hydrogen-bond acceptors (Lipinski definition) is 2. The molecular weight excluding hydrogens is 276 g/mol. The summed E-state index contributed by atoms with van der Waals surface area (Å²) in [5, 5.41) is 1.26. The second kappa shape index (κ2) is 5.76. The monoisotopic (exact) mass is 298 g/mol. The summed E-state index contributed by atoms with van der Waals surface area (Å²) in [5.41, 5.74) is 2.45. The molecule has 4 heteroatoms. The van der Waals surface area contributed by atoms with Crippen LogP contribution in [0.25, 0.3) is 10.9 Å². The summed E-state index contributed by atoms with van der Waals surface area (Å²) >= 11 is 0. The van der Waals surface area contributed by atoms with Gasteiger partial charge in [-0.15, -0.1) is 0 Å². The summed E-state index contributed by atoms with van der Waals surface area (Å²) < 4.78 is 5.36. The van der Waals surface area contributed by atoms with Crippen molar-refractivity contribution in [3.8, 4) is 0 Å². The van der Waals surface area contributed by atoms with Crippen LogP contribution in [0.1, 0.15) is 30.9 Å². The third-order valence-corrected chi connectivity index (χ3v) is 5.06. The number of carbonyl (C=O) groups is 1. The second-order valence-electron chi connectivity index (χ2n) is 6.47. The van der Waals surface area contributed by atoms with Gasteiger partial charge in [0.15, 0.2) is 0 Å². The molecule has 1 unspecified atom stereocenters. The van der Waals surface area contributed by atoms with Crippen molar-refractivity contribution in [2.75, 3.05) is 26.3 Å². The lowest BCUT2D eigenvalue weighted by Crippen LogP contribution is -2.37. The minimum atomic E-state index is 0.176. The second-order valence-corrected chi connectivity index (χ2v) is 6.47. The van der Waals surface area contributed by atoms with Crippen LogP contribution in [0.3, 0.4) is 0 Å². The first-order valence-corrected chi connectivity index (χ1v) is 8.25. The van der Waals surface area contributed by atoms with Gasteiger partial charge in [-0.2, -0.15) is 0 Å². The lowest BCUT2D eigenvalue weighted by Gasteiger charge is -2.26. The fraction of sp³-hybridized carbons (Fsp3) is 0.500. The number of H-pyrrole nitrogens is 1. The molecule has 116 valence electrons. The number of fused-ring (bicyclic) bond motifs is 1. The maximum Gasteiger partial charge on any atom is 0.225 e. The molecule has 4 rings (SSSR count). The number of benzene rings is 1. The van der Waals surface area contributed by atoms with Crippen molar-refractivity contribution in [3.63, 3.8) is 0 Å². The van der Waals surface area contributed by atoms with Crippen LogP contribution in [0.15, 0.2) is 30.3 Å². The van der Waals surface area contributed by atoms with Crippen molar-refractivity contribution in [3.05, 3.63) is 36.0 Å². The van der Waals surface area contributed by atoms with Gasteiger partial charge in [-0.1, -0.05) is 18.2 Å². The Balaban J connectivity index is 1.46. The fourth-order valence-electron chi connectivity index (χ4n) is 3.73. The van der Waals surface area contributed by atoms with Crippen molar-refractivity contribution >= 4 is 16.8 Å². The van der Waals surface area contributed by atoms with Gasteiger partial charge in [0.1, 0.15) is 0 Å². The van der Waals surface area contributed by atoms with Crippen LogP contribution >= 0.6 is 0 Å². The summed E-state index contributed by atoms with van der Waals surface area (Å²) in [7, 11) is 0. The van der Waals surface area contributed by atoms with Crippen LogP contribution in [0.5, 0.6) is 0 Å². The van der Waals surface area contributed by atoms with Crippen molar-refractivity contribution in [2.45, 2.75) is 25.2 Å². The number of rotatable bonds is 2. The third-order valence-electron chi connectivity index (χ3n) is 5.06. The summed E-state index contributed by atoms with van der Waals surface area (Å²) in [4.78, 5) is 18.2. The molecule has 22 heavy (non-hydrogen) atoms. The highest BCUT2D eigenvalue weighted by atomic mass is 16.5. The van der Waals surface area contributed by atoms with Gasteiger partial charge in [0.2, 0.25) is 5.91 Å². The quantitative estimate of drug-likeness (QED) is 0.926. The predicted molar refractivity (Wildman–Crippen MR) is 85.8 cm³/mol. The maximum atomic E-state index is 12.6. The fourth-order valence-corrected chi connectivity index (χ4v) is 3.73. The molecule has 2 aliphatic rings. The zero-order valence-electron chi connectivity index (χ0n) is 12.8. The first-order valence-electron chi connectivity index (χ1n) is 8.25. The first kappa shape index (κ1) is 13.8. The Morgan fingerprint density at radius 1 is 1.18 bits per heavy atom. The highest BCUT2D eigenvalue weighted by Gasteiger charge is 2.32. The topological polar surface area (TPSA) is 45.3 Å². The van der Waals surface area contributed by atoms with Gasteiger partial charge in [0, 0.05) is 49.3 Å². The zero-order chi connectivity index (χ0) is 14.9. The smallest absolute Gasteiger partial charge is 0.225 e. The first-order chi connectivity index (χ1) is 10.8. The standard InChI is InChI=1S/C18H22N2O2/c21-18(13-6-9-22-10-7-13)20-8-5-15(12-20)17-11-14-3-1-2-4-16(14)19-17/h1-4,11,13,15,19H,5-10,12H2. The zero-order valence-corrected chi connectivity index (χ0v) is 12.8. The van der Waals surface area contributed by atoms with E-state index in [-0.39, 0.29) is 5.92 Å². The van der Waals surface area contributed by atoms with Crippen molar-refractivity contribution in [1.29, 1.82) is 0 Å². The van der Waals surface area contributed by atoms with E-state index in [1.807, 2.05) is 0 Å². The van der Waals surface area contributed by atoms with E-state index in [2.05, 4.69) is 40.2 Å². The molecule has 0 saturated carbocycles. The van der Waals surface area contributed by atoms with Gasteiger partial charge in [0.05, 0.1) is 0 Å². The van der Waals surface area contributed by atoms with Crippen LogP contribution in [-0.4, -0.2) is 42.1 Å². The molecule has 1 atom stereocenters. The lowest BCUT2D eigenvalue weighted by molar-refractivity contribution is -0.137. The van der Waals surface area contributed by atoms with E-state index in [0.29, 0.717) is 11.8 Å². The lowest BCUT2D eigenvalue weighted by atomic mass is 9.99. The van der Waals surface area contributed by atoms with Gasteiger partial charge >= 0.3 is 0 Å². The minimum Gasteiger partial charge on any atom is -0.381 e. The molecular formula is C18H22N2O2. The molecule has 0 bridgehead atoms. The highest BCUT2D eigenvalue weighted by Crippen LogP contribution is 2.31. The van der Waals surface area contributed by atoms with Gasteiger partial charge in [0.25, 0.3) is 0 Å². The Bertz CT molecular complexity index is 640. The number of carbonyl (C=O) groups excluding carboxylic acids is 1. The number of hydrogen-bond donors (Lipinski definition) is 1. The van der Waals surface area contributed by atoms with E-state index in [1.165, 1.54) is 16.6 Å². The Morgan fingerprint density at radius 2 is 2.00 bits per heavy atom. The Labute approximate surface area is 130 Å². The van der Waals surface area contributed by atoms with Crippen molar-refractivity contribution in [1.82, 2.24) is 9.88 Å². The van der Waals surface area contributed by atoms with E-state index in [4.69, 9.17) is 4.74 Å². The van der Waals surface area contributed by atoms with E-state index in [0.717, 1.165) is 45.6 Å². The largest absolute Gasteiger partial charge is 0.381 e. The molecule has 0 aliphatic carbocycles. The van der Waals surface area contributed by atoms with E-state index >= 15 is 0 Å². The molecule has 1 aromatic heterocycles. The maximum absolute atomic E-state index is 12.6. The number of aromatic nitrogens is 1. The average molecular weight is 298 g/mol. The summed E-state index contributed by atoms with van der Waals surface area (Å²) in [5.74, 6) is 0.952. The van der Waals surface area contributed by atoms with Gasteiger partial charge in [-0.3, -0.25) is 4.79 Å². The molecule has 1 aromatic carbocycles. The van der Waals surface area contributed by atoms with Crippen LogP contribution in [0, 0.1) is 5.92 Å². The van der Waals surface area contributed by atoms with E-state index in [1.54, 1.807) is 0 Å². The van der Waals surface area contributed by atoms with Gasteiger partial charge in [-0.05, 0) is 36.8 Å². The minimum absolute atomic E-state index is 0.176. The predicted octanol–water partition coefficient (Wildman–Crippen LogP) is 2.91. The summed E-state index contributed by atoms with van der Waals surface area (Å²) in [6.07, 6.45) is 2.82. The normalized spacial score (nSPS) is 23.3. The molecule has 3 heterocycles. The molecule has 0 radical (unpaired) electrons. The molecule has 1 amide bonds. The van der Waals surface area contributed by atoms with Crippen molar-refractivity contribution < 1.29 is 9.53 Å². The number of nitrogens with one attached hydrogen (secondary N) is 1. The number of aromatic amines is 1. The number of ether oxygens (including phenoxy) is 1. The molecule has 2 fully saturated rings. The molecule has 2 aliphatic heterocycles. The number of amides is 1. The molecule has 2 saturated heterocycles. The number of likely N-dealkylation sites (tertiary alicyclic amines) is 1. The molecule has 2 aromatic rings. The average Bonchev–Trinajstić information content (AvgIpc) is 3.21. The SMILES string of the molecule is O=C(C1CCOCC1)N1CCC(c2cc3ccccc3[nH]2)C1. The van der Waals surface area contributed by atoms with Crippen LogP contribution in [0.2, 0.25) is 0 Å². The molecule has 1 N–H and O–H groups in total. The third kappa shape index (κ3) is 2.52. The molecule has 0 spiro atoms. The Morgan fingerprint density at radius 3 is 2.82 bits per heavy atom. The summed E-state index contributed by atoms with van der Waals surface area (Å²) in [6.45, 7) is 3.20. The van der Waals surface area contributed by atoms with Crippen LogP contribution < -0.4 is 0 Å². The summed E-state index contributed by atoms with van der Waals surface area (Å²) in [6, 6.07) is 10.6. The van der Waals surface area contributed by atoms with Crippen LogP contribution in [0.4, 0.5) is 0 Å². The van der Waals surface area contributed by atoms with E-state index < -0.39 is 0 Å². The number of para-hydroxylation sites is 1. The number of nitrogens with zero attached hydrogens (tertiary/aromatic N) is 1. The Kier molecular flexibility index (Phi) is 3.62. The van der Waals surface area contributed by atoms with Crippen LogP contribution in [-0.2, 0) is 9.53 Å². The van der Waals surface area contributed by atoms with Gasteiger partial charge in [-0.25, -0.2) is 0 Å².